The zero-order valence-electron chi connectivity index (χ0n) is 16.0. The average Bonchev–Trinajstić information content (AvgIpc) is 2.71. The lowest BCUT2D eigenvalue weighted by Crippen LogP contribution is -2.72. The second-order valence-electron chi connectivity index (χ2n) is 7.80. The van der Waals surface area contributed by atoms with Crippen molar-refractivity contribution in [2.45, 2.75) is 30.9 Å². The first-order valence-electron chi connectivity index (χ1n) is 9.73. The number of amides is 1. The van der Waals surface area contributed by atoms with E-state index in [1.807, 2.05) is 0 Å². The van der Waals surface area contributed by atoms with Crippen LogP contribution in [0.5, 0.6) is 0 Å². The van der Waals surface area contributed by atoms with Gasteiger partial charge in [-0.15, -0.1) is 0 Å². The van der Waals surface area contributed by atoms with E-state index in [0.29, 0.717) is 4.47 Å². The number of carbonyl (C=O) groups excluding carboxylic acids is 1. The van der Waals surface area contributed by atoms with E-state index in [9.17, 15) is 23.1 Å². The lowest BCUT2D eigenvalue weighted by atomic mass is 9.81. The molecule has 2 fully saturated rings. The van der Waals surface area contributed by atoms with Crippen molar-refractivity contribution in [3.8, 4) is 0 Å². The minimum absolute atomic E-state index is 0.0918. The highest BCUT2D eigenvalue weighted by Gasteiger charge is 2.49. The Morgan fingerprint density at radius 3 is 2.60 bits per heavy atom. The standard InChI is InChI=1S/C21H21BrF3N3O2/c22-12-4-7-16(15(24)9-12)27-19-13(5-6-14(23)18(19)25)20(29)28-10-21(30,11-28)17-3-1-2-8-26-17/h4-7,9,17,26-27,30H,1-3,8,10-11H2. The third-order valence-corrected chi connectivity index (χ3v) is 6.18. The highest BCUT2D eigenvalue weighted by atomic mass is 79.9. The SMILES string of the molecule is O=C(c1ccc(F)c(F)c1Nc1ccc(Br)cc1F)N1CC(O)(C2CCCCN2)C1. The molecule has 1 amide bonds. The molecular formula is C21H21BrF3N3O2. The van der Waals surface area contributed by atoms with Crippen LogP contribution in [0.25, 0.3) is 0 Å². The third-order valence-electron chi connectivity index (χ3n) is 5.69. The van der Waals surface area contributed by atoms with Crippen molar-refractivity contribution in [3.05, 3.63) is 57.8 Å². The minimum Gasteiger partial charge on any atom is -0.385 e. The molecule has 5 nitrogen and oxygen atoms in total. The highest BCUT2D eigenvalue weighted by Crippen LogP contribution is 2.34. The number of rotatable bonds is 4. The first-order valence-corrected chi connectivity index (χ1v) is 10.5. The van der Waals surface area contributed by atoms with Crippen LogP contribution in [0.2, 0.25) is 0 Å². The van der Waals surface area contributed by atoms with Gasteiger partial charge in [-0.1, -0.05) is 22.4 Å². The highest BCUT2D eigenvalue weighted by molar-refractivity contribution is 9.10. The topological polar surface area (TPSA) is 64.6 Å². The first-order chi connectivity index (χ1) is 14.3. The summed E-state index contributed by atoms with van der Waals surface area (Å²) < 4.78 is 43.1. The van der Waals surface area contributed by atoms with Crippen molar-refractivity contribution in [2.24, 2.45) is 0 Å². The van der Waals surface area contributed by atoms with Gasteiger partial charge in [0.15, 0.2) is 11.6 Å². The summed E-state index contributed by atoms with van der Waals surface area (Å²) in [6, 6.07) is 5.99. The molecule has 2 aliphatic heterocycles. The Morgan fingerprint density at radius 2 is 1.93 bits per heavy atom. The van der Waals surface area contributed by atoms with E-state index in [4.69, 9.17) is 0 Å². The lowest BCUT2D eigenvalue weighted by Gasteiger charge is -2.51. The van der Waals surface area contributed by atoms with Crippen molar-refractivity contribution in [2.75, 3.05) is 25.0 Å². The largest absolute Gasteiger partial charge is 0.385 e. The van der Waals surface area contributed by atoms with Gasteiger partial charge in [-0.2, -0.15) is 0 Å². The van der Waals surface area contributed by atoms with Crippen LogP contribution >= 0.6 is 15.9 Å². The third kappa shape index (κ3) is 3.93. The Labute approximate surface area is 180 Å². The first kappa shape index (κ1) is 21.1. The number of benzene rings is 2. The lowest BCUT2D eigenvalue weighted by molar-refractivity contribution is -0.108. The second-order valence-corrected chi connectivity index (χ2v) is 8.72. The number of piperidine rings is 1. The maximum absolute atomic E-state index is 14.5. The summed E-state index contributed by atoms with van der Waals surface area (Å²) in [5, 5.41) is 16.6. The molecule has 160 valence electrons. The van der Waals surface area contributed by atoms with E-state index < -0.39 is 34.6 Å². The number of halogens is 4. The number of nitrogens with zero attached hydrogens (tertiary/aromatic N) is 1. The van der Waals surface area contributed by atoms with Gasteiger partial charge in [0.05, 0.1) is 30.0 Å². The van der Waals surface area contributed by atoms with Crippen molar-refractivity contribution in [1.29, 1.82) is 0 Å². The van der Waals surface area contributed by atoms with Crippen LogP contribution in [0.3, 0.4) is 0 Å². The molecule has 9 heteroatoms. The number of likely N-dealkylation sites (tertiary alicyclic amines) is 1. The maximum atomic E-state index is 14.5. The number of β-amino-alcohol motifs (C(OH)–C–C–N with tert-alkyl or cyclic N) is 1. The number of hydrogen-bond acceptors (Lipinski definition) is 4. The van der Waals surface area contributed by atoms with E-state index in [1.165, 1.54) is 23.1 Å². The molecule has 2 aromatic carbocycles. The van der Waals surface area contributed by atoms with Gasteiger partial charge in [-0.05, 0) is 49.7 Å². The molecule has 0 saturated carbocycles. The van der Waals surface area contributed by atoms with Gasteiger partial charge < -0.3 is 20.6 Å². The van der Waals surface area contributed by atoms with E-state index >= 15 is 0 Å². The van der Waals surface area contributed by atoms with Gasteiger partial charge in [0.2, 0.25) is 0 Å². The Hall–Kier alpha value is -2.10. The van der Waals surface area contributed by atoms with Gasteiger partial charge in [0.25, 0.3) is 5.91 Å². The summed E-state index contributed by atoms with van der Waals surface area (Å²) >= 11 is 3.13. The number of hydrogen-bond donors (Lipinski definition) is 3. The quantitative estimate of drug-likeness (QED) is 0.616. The van der Waals surface area contributed by atoms with E-state index in [-0.39, 0.29) is 30.4 Å². The summed E-state index contributed by atoms with van der Waals surface area (Å²) in [6.07, 6.45) is 2.87. The molecular weight excluding hydrogens is 463 g/mol. The van der Waals surface area contributed by atoms with Crippen molar-refractivity contribution >= 4 is 33.2 Å². The molecule has 2 heterocycles. The normalized spacial score (nSPS) is 20.6. The molecule has 0 spiro atoms. The maximum Gasteiger partial charge on any atom is 0.256 e. The predicted molar refractivity (Wildman–Crippen MR) is 110 cm³/mol. The zero-order valence-corrected chi connectivity index (χ0v) is 17.6. The molecule has 1 unspecified atom stereocenters. The molecule has 0 radical (unpaired) electrons. The van der Waals surface area contributed by atoms with Crippen LogP contribution in [0, 0.1) is 17.5 Å². The minimum atomic E-state index is -1.27. The monoisotopic (exact) mass is 483 g/mol. The van der Waals surface area contributed by atoms with E-state index in [0.717, 1.165) is 37.9 Å². The van der Waals surface area contributed by atoms with Crippen LogP contribution < -0.4 is 10.6 Å². The van der Waals surface area contributed by atoms with Gasteiger partial charge in [-0.3, -0.25) is 4.79 Å². The van der Waals surface area contributed by atoms with E-state index in [2.05, 4.69) is 26.6 Å². The molecule has 2 saturated heterocycles. The number of nitrogens with one attached hydrogen (secondary N) is 2. The van der Waals surface area contributed by atoms with Crippen LogP contribution in [-0.4, -0.2) is 47.2 Å². The molecule has 2 aliphatic rings. The molecule has 0 aromatic heterocycles. The zero-order chi connectivity index (χ0) is 21.5. The van der Waals surface area contributed by atoms with Crippen molar-refractivity contribution in [1.82, 2.24) is 10.2 Å². The van der Waals surface area contributed by atoms with Crippen molar-refractivity contribution in [3.63, 3.8) is 0 Å². The fourth-order valence-corrected chi connectivity index (χ4v) is 4.37. The Bertz CT molecular complexity index is 976. The van der Waals surface area contributed by atoms with E-state index in [1.54, 1.807) is 0 Å². The van der Waals surface area contributed by atoms with Gasteiger partial charge >= 0.3 is 0 Å². The van der Waals surface area contributed by atoms with Gasteiger partial charge in [-0.25, -0.2) is 13.2 Å². The Morgan fingerprint density at radius 1 is 1.17 bits per heavy atom. The number of anilines is 2. The fraction of sp³-hybridized carbons (Fsp3) is 0.381. The molecule has 2 aromatic rings. The van der Waals surface area contributed by atoms with Crippen LogP contribution in [0.4, 0.5) is 24.5 Å². The smallest absolute Gasteiger partial charge is 0.256 e. The molecule has 4 rings (SSSR count). The molecule has 30 heavy (non-hydrogen) atoms. The van der Waals surface area contributed by atoms with Gasteiger partial charge in [0, 0.05) is 10.5 Å². The fourth-order valence-electron chi connectivity index (χ4n) is 4.04. The van der Waals surface area contributed by atoms with Crippen molar-refractivity contribution < 1.29 is 23.1 Å². The number of carbonyl (C=O) groups is 1. The second kappa shape index (κ2) is 8.20. The molecule has 1 atom stereocenters. The summed E-state index contributed by atoms with van der Waals surface area (Å²) in [7, 11) is 0. The van der Waals surface area contributed by atoms with Crippen LogP contribution in [0.1, 0.15) is 29.6 Å². The van der Waals surface area contributed by atoms with Crippen LogP contribution in [-0.2, 0) is 0 Å². The molecule has 3 N–H and O–H groups in total. The summed E-state index contributed by atoms with van der Waals surface area (Å²) in [4.78, 5) is 14.4. The summed E-state index contributed by atoms with van der Waals surface area (Å²) in [6.45, 7) is 1.00. The Balaban J connectivity index is 1.57. The Kier molecular flexibility index (Phi) is 5.78. The molecule has 0 bridgehead atoms. The average molecular weight is 484 g/mol. The predicted octanol–water partition coefficient (Wildman–Crippen LogP) is 3.94. The number of aliphatic hydroxyl groups is 1. The van der Waals surface area contributed by atoms with Crippen LogP contribution in [0.15, 0.2) is 34.8 Å². The van der Waals surface area contributed by atoms with Gasteiger partial charge in [0.1, 0.15) is 11.4 Å². The molecule has 0 aliphatic carbocycles. The summed E-state index contributed by atoms with van der Waals surface area (Å²) in [5.41, 5.74) is -1.70. The summed E-state index contributed by atoms with van der Waals surface area (Å²) in [5.74, 6) is -3.67.